The zero-order chi connectivity index (χ0) is 31.9. The summed E-state index contributed by atoms with van der Waals surface area (Å²) in [4.78, 5) is 40.4. The lowest BCUT2D eigenvalue weighted by atomic mass is 9.93. The van der Waals surface area contributed by atoms with E-state index in [1.165, 1.54) is 4.90 Å². The van der Waals surface area contributed by atoms with E-state index in [0.717, 1.165) is 30.5 Å². The first-order valence-corrected chi connectivity index (χ1v) is 15.6. The predicted octanol–water partition coefficient (Wildman–Crippen LogP) is 6.23. The van der Waals surface area contributed by atoms with Crippen molar-refractivity contribution in [1.29, 1.82) is 0 Å². The van der Waals surface area contributed by atoms with Crippen LogP contribution >= 0.6 is 23.2 Å². The molecule has 0 spiro atoms. The van der Waals surface area contributed by atoms with Crippen molar-refractivity contribution in [2.45, 2.75) is 51.7 Å². The van der Waals surface area contributed by atoms with Gasteiger partial charge in [0, 0.05) is 56.1 Å². The number of aliphatic imine (C=N–C) groups is 1. The maximum atomic E-state index is 13.1. The van der Waals surface area contributed by atoms with Crippen LogP contribution in [-0.4, -0.2) is 52.8 Å². The first-order valence-electron chi connectivity index (χ1n) is 14.8. The van der Waals surface area contributed by atoms with Crippen molar-refractivity contribution in [2.24, 2.45) is 16.6 Å². The highest BCUT2D eigenvalue weighted by atomic mass is 35.5. The van der Waals surface area contributed by atoms with Gasteiger partial charge >= 0.3 is 0 Å². The van der Waals surface area contributed by atoms with Crippen molar-refractivity contribution >= 4 is 57.4 Å². The number of Topliss-reactive ketones (excluding diaryl/α,β-unsaturated/α-hetero) is 1. The second kappa shape index (κ2) is 14.8. The van der Waals surface area contributed by atoms with E-state index < -0.39 is 0 Å². The Morgan fingerprint density at radius 3 is 2.67 bits per heavy atom. The van der Waals surface area contributed by atoms with Crippen LogP contribution in [-0.2, 0) is 22.7 Å². The normalized spacial score (nSPS) is 14.7. The van der Waals surface area contributed by atoms with Crippen LogP contribution in [0.15, 0.2) is 59.7 Å². The van der Waals surface area contributed by atoms with Crippen LogP contribution in [0.3, 0.4) is 0 Å². The number of fused-ring (bicyclic) bond motifs is 1. The van der Waals surface area contributed by atoms with Gasteiger partial charge in [-0.25, -0.2) is 0 Å². The number of amidine groups is 1. The number of hydrogen-bond donors (Lipinski definition) is 1. The quantitative estimate of drug-likeness (QED) is 0.182. The zero-order valence-electron chi connectivity index (χ0n) is 25.3. The molecule has 12 heteroatoms. The third kappa shape index (κ3) is 7.75. The SMILES string of the molecule is COc1nc2c(OCc3c(Cl)ccc(N(C)C(=O)CCC(=O)CCC4CCC(N)=NC4)c3Cl)cccc2n1Cc1ccccn1. The maximum Gasteiger partial charge on any atom is 0.297 e. The van der Waals surface area contributed by atoms with Crippen LogP contribution in [0, 0.1) is 5.92 Å². The molecule has 0 aliphatic carbocycles. The summed E-state index contributed by atoms with van der Waals surface area (Å²) in [5, 5.41) is 0.700. The van der Waals surface area contributed by atoms with E-state index in [1.54, 1.807) is 32.5 Å². The van der Waals surface area contributed by atoms with E-state index in [9.17, 15) is 9.59 Å². The van der Waals surface area contributed by atoms with Gasteiger partial charge in [0.25, 0.3) is 6.01 Å². The number of para-hydroxylation sites is 1. The summed E-state index contributed by atoms with van der Waals surface area (Å²) in [7, 11) is 3.21. The Labute approximate surface area is 272 Å². The molecule has 10 nitrogen and oxygen atoms in total. The van der Waals surface area contributed by atoms with E-state index >= 15 is 0 Å². The maximum absolute atomic E-state index is 13.1. The standard InChI is InChI=1S/C33H36Cl2N6O4/c1-40(30(43)16-12-23(42)11-9-21-10-15-29(36)38-18-21)26-14-13-25(34)24(31(26)35)20-45-28-8-5-7-27-32(28)39-33(44-2)41(27)19-22-6-3-4-17-37-22/h3-8,13-14,17,21H,9-12,15-16,18-20H2,1-2H3,(H2,36,38). The monoisotopic (exact) mass is 650 g/mol. The highest BCUT2D eigenvalue weighted by molar-refractivity contribution is 6.38. The van der Waals surface area contributed by atoms with Gasteiger partial charge in [0.2, 0.25) is 5.91 Å². The first-order chi connectivity index (χ1) is 21.7. The molecule has 2 aromatic carbocycles. The van der Waals surface area contributed by atoms with Gasteiger partial charge in [-0.2, -0.15) is 4.98 Å². The number of halogens is 2. The smallest absolute Gasteiger partial charge is 0.297 e. The number of aromatic nitrogens is 3. The minimum absolute atomic E-state index is 0.0391. The number of benzene rings is 2. The number of ketones is 1. The number of rotatable bonds is 13. The second-order valence-electron chi connectivity index (χ2n) is 11.0. The second-order valence-corrected chi connectivity index (χ2v) is 11.8. The summed E-state index contributed by atoms with van der Waals surface area (Å²) in [6.07, 6.45) is 4.91. The van der Waals surface area contributed by atoms with Crippen LogP contribution in [0.4, 0.5) is 5.69 Å². The number of methoxy groups -OCH3 is 1. The molecule has 5 rings (SSSR count). The van der Waals surface area contributed by atoms with Crippen molar-refractivity contribution < 1.29 is 19.1 Å². The largest absolute Gasteiger partial charge is 0.486 e. The number of ether oxygens (including phenoxy) is 2. The van der Waals surface area contributed by atoms with Crippen LogP contribution in [0.2, 0.25) is 10.0 Å². The fourth-order valence-corrected chi connectivity index (χ4v) is 5.95. The van der Waals surface area contributed by atoms with Crippen molar-refractivity contribution in [3.05, 3.63) is 76.0 Å². The third-order valence-corrected chi connectivity index (χ3v) is 8.80. The Hall–Kier alpha value is -4.15. The minimum atomic E-state index is -0.218. The van der Waals surface area contributed by atoms with Gasteiger partial charge in [0.05, 0.1) is 41.4 Å². The van der Waals surface area contributed by atoms with Crippen molar-refractivity contribution in [2.75, 3.05) is 25.6 Å². The van der Waals surface area contributed by atoms with Crippen molar-refractivity contribution in [3.63, 3.8) is 0 Å². The number of imidazole rings is 1. The lowest BCUT2D eigenvalue weighted by Gasteiger charge is -2.21. The van der Waals surface area contributed by atoms with Gasteiger partial charge in [-0.3, -0.25) is 24.1 Å². The average molecular weight is 652 g/mol. The van der Waals surface area contributed by atoms with Crippen molar-refractivity contribution in [1.82, 2.24) is 14.5 Å². The molecular formula is C33H36Cl2N6O4. The Balaban J connectivity index is 1.24. The molecule has 236 valence electrons. The number of amides is 1. The zero-order valence-corrected chi connectivity index (χ0v) is 26.9. The summed E-state index contributed by atoms with van der Waals surface area (Å²) in [5.41, 5.74) is 9.05. The van der Waals surface area contributed by atoms with E-state index in [2.05, 4.69) is 15.0 Å². The molecule has 4 aromatic rings. The number of pyridine rings is 1. The van der Waals surface area contributed by atoms with Gasteiger partial charge in [-0.05, 0) is 55.2 Å². The number of carbonyl (C=O) groups excluding carboxylic acids is 2. The molecule has 1 aliphatic heterocycles. The van der Waals surface area contributed by atoms with E-state index in [4.69, 9.17) is 38.4 Å². The highest BCUT2D eigenvalue weighted by Gasteiger charge is 2.22. The molecule has 0 saturated heterocycles. The van der Waals surface area contributed by atoms with Crippen LogP contribution in [0.5, 0.6) is 11.8 Å². The molecule has 1 unspecified atom stereocenters. The Bertz CT molecular complexity index is 1710. The van der Waals surface area contributed by atoms with Gasteiger partial charge in [-0.1, -0.05) is 35.3 Å². The van der Waals surface area contributed by atoms with Crippen LogP contribution in [0.25, 0.3) is 11.0 Å². The van der Waals surface area contributed by atoms with E-state index in [-0.39, 0.29) is 31.1 Å². The van der Waals surface area contributed by atoms with Gasteiger partial charge in [0.1, 0.15) is 23.7 Å². The molecule has 3 heterocycles. The number of hydrogen-bond acceptors (Lipinski definition) is 8. The molecule has 0 fully saturated rings. The average Bonchev–Trinajstić information content (AvgIpc) is 3.41. The Morgan fingerprint density at radius 1 is 1.09 bits per heavy atom. The van der Waals surface area contributed by atoms with Gasteiger partial charge in [-0.15, -0.1) is 0 Å². The molecule has 0 saturated carbocycles. The van der Waals surface area contributed by atoms with Crippen LogP contribution in [0.1, 0.15) is 49.8 Å². The van der Waals surface area contributed by atoms with Crippen LogP contribution < -0.4 is 20.1 Å². The predicted molar refractivity (Wildman–Crippen MR) is 177 cm³/mol. The lowest BCUT2D eigenvalue weighted by molar-refractivity contribution is -0.124. The molecule has 1 atom stereocenters. The Morgan fingerprint density at radius 2 is 1.93 bits per heavy atom. The third-order valence-electron chi connectivity index (χ3n) is 8.02. The summed E-state index contributed by atoms with van der Waals surface area (Å²) < 4.78 is 13.7. The first kappa shape index (κ1) is 32.2. The lowest BCUT2D eigenvalue weighted by Crippen LogP contribution is -2.27. The Kier molecular flexibility index (Phi) is 10.6. The topological polar surface area (TPSA) is 125 Å². The minimum Gasteiger partial charge on any atom is -0.486 e. The fraction of sp³-hybridized carbons (Fsp3) is 0.364. The molecule has 45 heavy (non-hydrogen) atoms. The molecule has 2 N–H and O–H groups in total. The fourth-order valence-electron chi connectivity index (χ4n) is 5.35. The summed E-state index contributed by atoms with van der Waals surface area (Å²) in [6, 6.07) is 15.2. The number of carbonyl (C=O) groups is 2. The molecule has 1 aliphatic rings. The van der Waals surface area contributed by atoms with Crippen molar-refractivity contribution in [3.8, 4) is 11.8 Å². The van der Waals surface area contributed by atoms with E-state index in [0.29, 0.717) is 69.8 Å². The van der Waals surface area contributed by atoms with E-state index in [1.807, 2.05) is 41.0 Å². The molecule has 0 bridgehead atoms. The molecule has 0 radical (unpaired) electrons. The van der Waals surface area contributed by atoms with Gasteiger partial charge < -0.3 is 20.1 Å². The molecular weight excluding hydrogens is 615 g/mol. The number of nitrogens with two attached hydrogens (primary N) is 1. The summed E-state index contributed by atoms with van der Waals surface area (Å²) >= 11 is 13.3. The number of nitrogens with zero attached hydrogens (tertiary/aromatic N) is 5. The molecule has 2 aromatic heterocycles. The highest BCUT2D eigenvalue weighted by Crippen LogP contribution is 2.36. The summed E-state index contributed by atoms with van der Waals surface area (Å²) in [5.74, 6) is 1.41. The molecule has 1 amide bonds. The summed E-state index contributed by atoms with van der Waals surface area (Å²) in [6.45, 7) is 1.18. The number of anilines is 1. The van der Waals surface area contributed by atoms with Gasteiger partial charge in [0.15, 0.2) is 0 Å².